The molecule has 0 saturated carbocycles. The Kier molecular flexibility index (Phi) is 4.69. The Morgan fingerprint density at radius 2 is 2.20 bits per heavy atom. The van der Waals surface area contributed by atoms with E-state index in [9.17, 15) is 4.79 Å². The zero-order chi connectivity index (χ0) is 14.5. The average molecular weight is 286 g/mol. The van der Waals surface area contributed by atoms with Gasteiger partial charge in [0.05, 0.1) is 0 Å². The molecule has 0 unspecified atom stereocenters. The maximum Gasteiger partial charge on any atom is 0.250 e. The predicted octanol–water partition coefficient (Wildman–Crippen LogP) is 3.95. The summed E-state index contributed by atoms with van der Waals surface area (Å²) in [6.07, 6.45) is 4.24. The highest BCUT2D eigenvalue weighted by atomic mass is 32.1. The lowest BCUT2D eigenvalue weighted by atomic mass is 10.1. The van der Waals surface area contributed by atoms with Gasteiger partial charge in [0.25, 0.3) is 0 Å². The van der Waals surface area contributed by atoms with E-state index in [-0.39, 0.29) is 5.91 Å². The first-order chi connectivity index (χ1) is 9.52. The second-order valence-electron chi connectivity index (χ2n) is 5.01. The first-order valence-electron chi connectivity index (χ1n) is 6.49. The summed E-state index contributed by atoms with van der Waals surface area (Å²) in [7, 11) is 0. The van der Waals surface area contributed by atoms with E-state index < -0.39 is 0 Å². The summed E-state index contributed by atoms with van der Waals surface area (Å²) < 4.78 is 0. The number of carbonyl (C=O) groups excluding carboxylic acids is 1. The number of rotatable bonds is 4. The molecule has 0 radical (unpaired) electrons. The molecular weight excluding hydrogens is 268 g/mol. The van der Waals surface area contributed by atoms with E-state index in [1.54, 1.807) is 6.08 Å². The van der Waals surface area contributed by atoms with Crippen LogP contribution in [0.4, 0.5) is 5.13 Å². The van der Waals surface area contributed by atoms with E-state index >= 15 is 0 Å². The summed E-state index contributed by atoms with van der Waals surface area (Å²) >= 11 is 1.52. The van der Waals surface area contributed by atoms with Gasteiger partial charge in [0.1, 0.15) is 0 Å². The molecule has 4 heteroatoms. The Labute approximate surface area is 123 Å². The quantitative estimate of drug-likeness (QED) is 0.865. The van der Waals surface area contributed by atoms with Crippen molar-refractivity contribution < 1.29 is 4.79 Å². The zero-order valence-corrected chi connectivity index (χ0v) is 12.8. The van der Waals surface area contributed by atoms with Crippen molar-refractivity contribution in [3.63, 3.8) is 0 Å². The van der Waals surface area contributed by atoms with Gasteiger partial charge in [-0.1, -0.05) is 35.4 Å². The number of nitrogens with one attached hydrogen (secondary N) is 1. The summed E-state index contributed by atoms with van der Waals surface area (Å²) in [5.74, 6) is -0.124. The third-order valence-corrected chi connectivity index (χ3v) is 3.58. The maximum absolute atomic E-state index is 11.6. The molecule has 0 saturated heterocycles. The first-order valence-corrected chi connectivity index (χ1v) is 7.31. The second-order valence-corrected chi connectivity index (χ2v) is 6.12. The molecule has 2 aromatic rings. The van der Waals surface area contributed by atoms with Crippen LogP contribution < -0.4 is 5.32 Å². The van der Waals surface area contributed by atoms with Crippen LogP contribution in [0.1, 0.15) is 29.9 Å². The summed E-state index contributed by atoms with van der Waals surface area (Å²) in [5, 5.41) is 3.43. The van der Waals surface area contributed by atoms with Gasteiger partial charge in [0, 0.05) is 23.6 Å². The summed E-state index contributed by atoms with van der Waals surface area (Å²) in [5.41, 5.74) is 3.49. The molecule has 0 fully saturated rings. The molecule has 1 aromatic carbocycles. The van der Waals surface area contributed by atoms with Crippen molar-refractivity contribution in [1.82, 2.24) is 4.98 Å². The lowest BCUT2D eigenvalue weighted by Gasteiger charge is -1.99. The normalized spacial score (nSPS) is 10.2. The number of carbonyl (C=O) groups is 1. The fourth-order valence-electron chi connectivity index (χ4n) is 1.87. The van der Waals surface area contributed by atoms with Crippen molar-refractivity contribution in [3.8, 4) is 0 Å². The van der Waals surface area contributed by atoms with Gasteiger partial charge in [-0.3, -0.25) is 10.1 Å². The largest absolute Gasteiger partial charge is 0.298 e. The summed E-state index contributed by atoms with van der Waals surface area (Å²) in [6.45, 7) is 5.87. The third kappa shape index (κ3) is 4.31. The van der Waals surface area contributed by atoms with Crippen LogP contribution in [0.3, 0.4) is 0 Å². The van der Waals surface area contributed by atoms with Crippen LogP contribution in [0.25, 0.3) is 0 Å². The molecule has 0 aliphatic heterocycles. The molecule has 0 spiro atoms. The van der Waals surface area contributed by atoms with E-state index in [0.29, 0.717) is 5.13 Å². The van der Waals surface area contributed by atoms with Crippen LogP contribution in [-0.4, -0.2) is 10.9 Å². The lowest BCUT2D eigenvalue weighted by Crippen LogP contribution is -2.07. The number of anilines is 1. The molecule has 1 amide bonds. The van der Waals surface area contributed by atoms with Crippen LogP contribution in [0.2, 0.25) is 0 Å². The Morgan fingerprint density at radius 1 is 1.40 bits per heavy atom. The summed E-state index contributed by atoms with van der Waals surface area (Å²) in [4.78, 5) is 17.0. The molecule has 1 aromatic heterocycles. The Bertz CT molecular complexity index is 639. The van der Waals surface area contributed by atoms with Gasteiger partial charge in [0.15, 0.2) is 5.13 Å². The highest BCUT2D eigenvalue weighted by molar-refractivity contribution is 7.15. The zero-order valence-electron chi connectivity index (χ0n) is 11.9. The topological polar surface area (TPSA) is 42.0 Å². The van der Waals surface area contributed by atoms with Crippen molar-refractivity contribution in [2.24, 2.45) is 0 Å². The number of thiazole rings is 1. The van der Waals surface area contributed by atoms with Gasteiger partial charge in [-0.05, 0) is 26.3 Å². The molecule has 0 bridgehead atoms. The van der Waals surface area contributed by atoms with Crippen molar-refractivity contribution in [3.05, 3.63) is 58.1 Å². The van der Waals surface area contributed by atoms with Gasteiger partial charge in [0.2, 0.25) is 5.91 Å². The van der Waals surface area contributed by atoms with Gasteiger partial charge < -0.3 is 0 Å². The smallest absolute Gasteiger partial charge is 0.250 e. The average Bonchev–Trinajstić information content (AvgIpc) is 2.75. The van der Waals surface area contributed by atoms with Crippen molar-refractivity contribution in [2.75, 3.05) is 5.32 Å². The predicted molar refractivity (Wildman–Crippen MR) is 84.2 cm³/mol. The monoisotopic (exact) mass is 286 g/mol. The molecule has 1 N–H and O–H groups in total. The SMILES string of the molecule is CC(C)=CC(=O)Nc1ncc(Cc2cccc(C)c2)s1. The van der Waals surface area contributed by atoms with Gasteiger partial charge in [-0.15, -0.1) is 11.3 Å². The molecular formula is C16H18N2OS. The molecule has 0 atom stereocenters. The third-order valence-electron chi connectivity index (χ3n) is 2.66. The van der Waals surface area contributed by atoms with Crippen LogP contribution in [0.15, 0.2) is 42.1 Å². The highest BCUT2D eigenvalue weighted by Gasteiger charge is 2.05. The van der Waals surface area contributed by atoms with Crippen molar-refractivity contribution in [1.29, 1.82) is 0 Å². The molecule has 1 heterocycles. The van der Waals surface area contributed by atoms with Crippen molar-refractivity contribution >= 4 is 22.4 Å². The minimum atomic E-state index is -0.124. The molecule has 0 aliphatic carbocycles. The Hall–Kier alpha value is -1.94. The number of allylic oxidation sites excluding steroid dienone is 1. The molecule has 2 rings (SSSR count). The number of aryl methyl sites for hydroxylation is 1. The fraction of sp³-hybridized carbons (Fsp3) is 0.250. The van der Waals surface area contributed by atoms with Crippen LogP contribution in [0, 0.1) is 6.92 Å². The van der Waals surface area contributed by atoms with Gasteiger partial charge in [-0.2, -0.15) is 0 Å². The van der Waals surface area contributed by atoms with Crippen LogP contribution in [0.5, 0.6) is 0 Å². The fourth-order valence-corrected chi connectivity index (χ4v) is 2.72. The van der Waals surface area contributed by atoms with Gasteiger partial charge in [-0.25, -0.2) is 4.98 Å². The number of aromatic nitrogens is 1. The van der Waals surface area contributed by atoms with E-state index in [0.717, 1.165) is 16.9 Å². The molecule has 0 aliphatic rings. The van der Waals surface area contributed by atoms with E-state index in [2.05, 4.69) is 41.5 Å². The van der Waals surface area contributed by atoms with E-state index in [4.69, 9.17) is 0 Å². The number of benzene rings is 1. The maximum atomic E-state index is 11.6. The lowest BCUT2D eigenvalue weighted by molar-refractivity contribution is -0.111. The Morgan fingerprint density at radius 3 is 2.90 bits per heavy atom. The standard InChI is InChI=1S/C16H18N2OS/c1-11(2)7-15(19)18-16-17-10-14(20-16)9-13-6-4-5-12(3)8-13/h4-8,10H,9H2,1-3H3,(H,17,18,19). The van der Waals surface area contributed by atoms with E-state index in [1.165, 1.54) is 22.5 Å². The van der Waals surface area contributed by atoms with Crippen molar-refractivity contribution in [2.45, 2.75) is 27.2 Å². The van der Waals surface area contributed by atoms with Crippen LogP contribution >= 0.6 is 11.3 Å². The van der Waals surface area contributed by atoms with Gasteiger partial charge >= 0.3 is 0 Å². The van der Waals surface area contributed by atoms with E-state index in [1.807, 2.05) is 20.0 Å². The van der Waals surface area contributed by atoms with Crippen LogP contribution in [-0.2, 0) is 11.2 Å². The molecule has 104 valence electrons. The number of hydrogen-bond acceptors (Lipinski definition) is 3. The number of amides is 1. The minimum Gasteiger partial charge on any atom is -0.298 e. The molecule has 20 heavy (non-hydrogen) atoms. The molecule has 3 nitrogen and oxygen atoms in total. The second kappa shape index (κ2) is 6.48. The highest BCUT2D eigenvalue weighted by Crippen LogP contribution is 2.21. The minimum absolute atomic E-state index is 0.124. The number of nitrogens with zero attached hydrogens (tertiary/aromatic N) is 1. The Balaban J connectivity index is 2.02. The first kappa shape index (κ1) is 14.5. The number of hydrogen-bond donors (Lipinski definition) is 1. The summed E-state index contributed by atoms with van der Waals surface area (Å²) in [6, 6.07) is 8.42.